The van der Waals surface area contributed by atoms with Crippen LogP contribution in [0.25, 0.3) is 11.1 Å². The van der Waals surface area contributed by atoms with Crippen LogP contribution in [0.5, 0.6) is 0 Å². The van der Waals surface area contributed by atoms with Crippen molar-refractivity contribution < 1.29 is 9.47 Å². The molecule has 2 saturated heterocycles. The summed E-state index contributed by atoms with van der Waals surface area (Å²) in [6, 6.07) is 16.4. The molecule has 5 rings (SSSR count). The smallest absolute Gasteiger partial charge is 0.252 e. The number of rotatable bonds is 11. The molecule has 3 heterocycles. The molecule has 7 nitrogen and oxygen atoms in total. The van der Waals surface area contributed by atoms with Gasteiger partial charge in [0.25, 0.3) is 5.56 Å². The first-order valence-electron chi connectivity index (χ1n) is 15.7. The van der Waals surface area contributed by atoms with E-state index < -0.39 is 0 Å². The summed E-state index contributed by atoms with van der Waals surface area (Å²) in [5, 5.41) is 3.60. The van der Waals surface area contributed by atoms with Crippen molar-refractivity contribution >= 4 is 5.69 Å². The van der Waals surface area contributed by atoms with Gasteiger partial charge in [-0.3, -0.25) is 9.69 Å². The van der Waals surface area contributed by atoms with Crippen LogP contribution in [0.3, 0.4) is 0 Å². The molecular formula is C35H48N4O3. The zero-order valence-corrected chi connectivity index (χ0v) is 25.9. The summed E-state index contributed by atoms with van der Waals surface area (Å²) in [5.74, 6) is 0. The highest BCUT2D eigenvalue weighted by atomic mass is 16.5. The van der Waals surface area contributed by atoms with Crippen LogP contribution in [0.4, 0.5) is 5.69 Å². The minimum Gasteiger partial charge on any atom is -0.381 e. The minimum absolute atomic E-state index is 0.00281. The lowest BCUT2D eigenvalue weighted by atomic mass is 9.95. The average Bonchev–Trinajstić information content (AvgIpc) is 2.99. The Morgan fingerprint density at radius 3 is 2.33 bits per heavy atom. The second kappa shape index (κ2) is 14.5. The maximum Gasteiger partial charge on any atom is 0.252 e. The summed E-state index contributed by atoms with van der Waals surface area (Å²) in [6.07, 6.45) is 3.21. The molecule has 0 aliphatic carbocycles. The van der Waals surface area contributed by atoms with E-state index in [9.17, 15) is 4.79 Å². The van der Waals surface area contributed by atoms with Crippen LogP contribution in [-0.4, -0.2) is 62.0 Å². The third-order valence-corrected chi connectivity index (χ3v) is 8.80. The molecular weight excluding hydrogens is 524 g/mol. The number of nitrogens with zero attached hydrogens (tertiary/aromatic N) is 2. The molecule has 0 amide bonds. The van der Waals surface area contributed by atoms with Gasteiger partial charge in [0, 0.05) is 75.5 Å². The number of aryl methyl sites for hydroxylation is 2. The Hall–Kier alpha value is -2.97. The molecule has 0 bridgehead atoms. The Labute approximate surface area is 251 Å². The van der Waals surface area contributed by atoms with Gasteiger partial charge < -0.3 is 24.7 Å². The zero-order chi connectivity index (χ0) is 29.5. The highest BCUT2D eigenvalue weighted by Crippen LogP contribution is 2.34. The second-order valence-electron chi connectivity index (χ2n) is 11.9. The van der Waals surface area contributed by atoms with Gasteiger partial charge in [-0.15, -0.1) is 0 Å². The van der Waals surface area contributed by atoms with Gasteiger partial charge in [-0.1, -0.05) is 31.2 Å². The Balaban J connectivity index is 1.44. The van der Waals surface area contributed by atoms with Crippen molar-refractivity contribution in [1.29, 1.82) is 0 Å². The molecule has 3 aromatic rings. The average molecular weight is 573 g/mol. The van der Waals surface area contributed by atoms with E-state index in [4.69, 9.17) is 9.47 Å². The second-order valence-corrected chi connectivity index (χ2v) is 11.9. The number of aromatic amines is 1. The van der Waals surface area contributed by atoms with E-state index in [2.05, 4.69) is 70.3 Å². The van der Waals surface area contributed by atoms with Crippen molar-refractivity contribution in [2.24, 2.45) is 0 Å². The van der Waals surface area contributed by atoms with Gasteiger partial charge in [-0.2, -0.15) is 0 Å². The van der Waals surface area contributed by atoms with Gasteiger partial charge in [0.1, 0.15) is 0 Å². The van der Waals surface area contributed by atoms with Crippen LogP contribution in [0.2, 0.25) is 0 Å². The first kappa shape index (κ1) is 30.5. The van der Waals surface area contributed by atoms with Gasteiger partial charge in [0.2, 0.25) is 0 Å². The number of morpholine rings is 1. The van der Waals surface area contributed by atoms with Gasteiger partial charge in [0.05, 0.1) is 13.2 Å². The Morgan fingerprint density at radius 1 is 0.929 bits per heavy atom. The Kier molecular flexibility index (Phi) is 10.5. The number of nitrogens with one attached hydrogen (secondary N) is 2. The molecule has 226 valence electrons. The summed E-state index contributed by atoms with van der Waals surface area (Å²) in [6.45, 7) is 17.0. The molecule has 0 spiro atoms. The summed E-state index contributed by atoms with van der Waals surface area (Å²) in [5.41, 5.74) is 10.4. The van der Waals surface area contributed by atoms with E-state index >= 15 is 0 Å². The van der Waals surface area contributed by atoms with Gasteiger partial charge >= 0.3 is 0 Å². The van der Waals surface area contributed by atoms with Crippen molar-refractivity contribution in [3.05, 3.63) is 86.3 Å². The largest absolute Gasteiger partial charge is 0.381 e. The van der Waals surface area contributed by atoms with E-state index in [-0.39, 0.29) is 5.56 Å². The summed E-state index contributed by atoms with van der Waals surface area (Å²) in [7, 11) is 0. The maximum absolute atomic E-state index is 12.6. The predicted octanol–water partition coefficient (Wildman–Crippen LogP) is 5.48. The lowest BCUT2D eigenvalue weighted by Crippen LogP contribution is -2.40. The topological polar surface area (TPSA) is 69.8 Å². The highest BCUT2D eigenvalue weighted by Gasteiger charge is 2.24. The van der Waals surface area contributed by atoms with Crippen LogP contribution < -0.4 is 15.8 Å². The molecule has 2 aliphatic heterocycles. The van der Waals surface area contributed by atoms with Crippen molar-refractivity contribution in [2.75, 3.05) is 51.0 Å². The molecule has 42 heavy (non-hydrogen) atoms. The fraction of sp³-hybridized carbons (Fsp3) is 0.514. The molecule has 2 fully saturated rings. The quantitative estimate of drug-likeness (QED) is 0.317. The first-order valence-corrected chi connectivity index (χ1v) is 15.7. The Morgan fingerprint density at radius 2 is 1.64 bits per heavy atom. The molecule has 0 unspecified atom stereocenters. The fourth-order valence-corrected chi connectivity index (χ4v) is 6.39. The first-order chi connectivity index (χ1) is 20.4. The normalized spacial score (nSPS) is 16.6. The summed E-state index contributed by atoms with van der Waals surface area (Å²) in [4.78, 5) is 20.7. The Bertz CT molecular complexity index is 1370. The highest BCUT2D eigenvalue weighted by molar-refractivity contribution is 5.73. The van der Waals surface area contributed by atoms with Crippen LogP contribution in [0, 0.1) is 20.8 Å². The number of H-pyrrole nitrogens is 1. The summed E-state index contributed by atoms with van der Waals surface area (Å²) < 4.78 is 11.2. The van der Waals surface area contributed by atoms with E-state index in [0.717, 1.165) is 88.7 Å². The maximum atomic E-state index is 12.6. The molecule has 7 heteroatoms. The third-order valence-electron chi connectivity index (χ3n) is 8.80. The van der Waals surface area contributed by atoms with E-state index in [1.54, 1.807) is 0 Å². The lowest BCUT2D eigenvalue weighted by Gasteiger charge is -2.37. The third kappa shape index (κ3) is 7.51. The van der Waals surface area contributed by atoms with Crippen LogP contribution >= 0.6 is 0 Å². The molecule has 2 N–H and O–H groups in total. The van der Waals surface area contributed by atoms with Crippen LogP contribution in [0.15, 0.2) is 47.3 Å². The van der Waals surface area contributed by atoms with Gasteiger partial charge in [-0.05, 0) is 91.6 Å². The van der Waals surface area contributed by atoms with Crippen LogP contribution in [-0.2, 0) is 29.1 Å². The molecule has 0 atom stereocenters. The number of hydrogen-bond donors (Lipinski definition) is 2. The van der Waals surface area contributed by atoms with E-state index in [0.29, 0.717) is 19.1 Å². The SMILES string of the molecule is CCCN(c1cc(-c2ccc(CN3CCOCC3)cc2)cc(CNCc2c(C)cc(C)[nH]c2=O)c1C)C1CCOCC1. The molecule has 0 radical (unpaired) electrons. The van der Waals surface area contributed by atoms with Crippen molar-refractivity contribution in [3.63, 3.8) is 0 Å². The molecule has 0 saturated carbocycles. The van der Waals surface area contributed by atoms with Gasteiger partial charge in [-0.25, -0.2) is 0 Å². The molecule has 1 aromatic heterocycles. The van der Waals surface area contributed by atoms with Crippen molar-refractivity contribution in [3.8, 4) is 11.1 Å². The van der Waals surface area contributed by atoms with Gasteiger partial charge in [0.15, 0.2) is 0 Å². The number of pyridine rings is 1. The van der Waals surface area contributed by atoms with Crippen molar-refractivity contribution in [1.82, 2.24) is 15.2 Å². The minimum atomic E-state index is -0.00281. The zero-order valence-electron chi connectivity index (χ0n) is 25.9. The number of ether oxygens (including phenoxy) is 2. The van der Waals surface area contributed by atoms with E-state index in [1.807, 2.05) is 19.9 Å². The fourth-order valence-electron chi connectivity index (χ4n) is 6.39. The lowest BCUT2D eigenvalue weighted by molar-refractivity contribution is 0.0342. The standard InChI is InChI=1S/C35H48N4O3/c1-5-12-39(32-10-15-41-16-11-32)34-21-30(29-8-6-28(7-9-29)24-38-13-17-42-18-14-38)20-31(27(34)4)22-36-23-33-25(2)19-26(3)37-35(33)40/h6-9,19-21,32,36H,5,10-18,22-24H2,1-4H3,(H,37,40). The van der Waals surface area contributed by atoms with Crippen molar-refractivity contribution in [2.45, 2.75) is 72.6 Å². The number of benzene rings is 2. The van der Waals surface area contributed by atoms with E-state index in [1.165, 1.54) is 33.5 Å². The number of anilines is 1. The van der Waals surface area contributed by atoms with Crippen LogP contribution in [0.1, 0.15) is 59.7 Å². The monoisotopic (exact) mass is 572 g/mol. The molecule has 2 aliphatic rings. The molecule has 2 aromatic carbocycles. The predicted molar refractivity (Wildman–Crippen MR) is 171 cm³/mol. The number of hydrogen-bond acceptors (Lipinski definition) is 6. The summed E-state index contributed by atoms with van der Waals surface area (Å²) >= 11 is 0. The number of aromatic nitrogens is 1.